The Bertz CT molecular complexity index is 1820. The van der Waals surface area contributed by atoms with Crippen molar-refractivity contribution in [3.8, 4) is 0 Å². The van der Waals surface area contributed by atoms with Gasteiger partial charge in [-0.3, -0.25) is 0 Å². The van der Waals surface area contributed by atoms with Crippen LogP contribution in [0.3, 0.4) is 0 Å². The highest BCUT2D eigenvalue weighted by Gasteiger charge is 2.25. The molecular formula is C42H53Cl7N4. The Morgan fingerprint density at radius 3 is 0.792 bits per heavy atom. The van der Waals surface area contributed by atoms with Gasteiger partial charge in [-0.1, -0.05) is 143 Å². The van der Waals surface area contributed by atoms with E-state index in [0.717, 1.165) is 124 Å². The van der Waals surface area contributed by atoms with E-state index in [0.29, 0.717) is 65.1 Å². The minimum Gasteiger partial charge on any atom is -0.398 e. The zero-order valence-corrected chi connectivity index (χ0v) is 37.4. The molecule has 0 aliphatic rings. The van der Waals surface area contributed by atoms with Gasteiger partial charge in [-0.05, 0) is 118 Å². The van der Waals surface area contributed by atoms with E-state index >= 15 is 0 Å². The van der Waals surface area contributed by atoms with Crippen molar-refractivity contribution in [3.05, 3.63) is 108 Å². The van der Waals surface area contributed by atoms with E-state index in [1.807, 2.05) is 27.7 Å². The van der Waals surface area contributed by atoms with Crippen molar-refractivity contribution in [2.75, 3.05) is 22.9 Å². The standard InChI is InChI=1S/C21H26Cl4N2.C21H27Cl3N2/c1-5-10-16(22)14(17(23)11(6-2)20(10)26)9-15-18(24)12(7-3)21(27)13(8-4)19(15)25;1-5-11-9-12(17(22)13(6-2)20(11)25)10-16-18(23)14(7-3)21(26)15(8-4)19(16)24/h5-9,26-27H2,1-4H3;9H,5-8,10,25-26H2,1-4H3. The summed E-state index contributed by atoms with van der Waals surface area (Å²) >= 11 is 46.9. The molecule has 0 spiro atoms. The van der Waals surface area contributed by atoms with E-state index in [1.54, 1.807) is 0 Å². The van der Waals surface area contributed by atoms with Gasteiger partial charge in [-0.2, -0.15) is 0 Å². The predicted octanol–water partition coefficient (Wildman–Crippen LogP) is 14.0. The molecule has 4 aromatic rings. The molecule has 0 atom stereocenters. The predicted molar refractivity (Wildman–Crippen MR) is 239 cm³/mol. The number of rotatable bonds is 12. The molecule has 0 saturated heterocycles. The molecular weight excluding hydrogens is 809 g/mol. The lowest BCUT2D eigenvalue weighted by atomic mass is 9.92. The molecule has 0 saturated carbocycles. The zero-order valence-electron chi connectivity index (χ0n) is 32.1. The Morgan fingerprint density at radius 1 is 0.302 bits per heavy atom. The smallest absolute Gasteiger partial charge is 0.0508 e. The van der Waals surface area contributed by atoms with Crippen LogP contribution in [-0.2, 0) is 64.2 Å². The summed E-state index contributed by atoms with van der Waals surface area (Å²) in [5.41, 5.74) is 39.3. The van der Waals surface area contributed by atoms with Gasteiger partial charge >= 0.3 is 0 Å². The summed E-state index contributed by atoms with van der Waals surface area (Å²) < 4.78 is 0. The minimum absolute atomic E-state index is 0.440. The highest BCUT2D eigenvalue weighted by Crippen LogP contribution is 2.44. The summed E-state index contributed by atoms with van der Waals surface area (Å²) in [6, 6.07) is 2.08. The molecule has 4 rings (SSSR count). The molecule has 0 bridgehead atoms. The Hall–Kier alpha value is -1.89. The first-order valence-corrected chi connectivity index (χ1v) is 21.1. The molecule has 0 unspecified atom stereocenters. The highest BCUT2D eigenvalue weighted by molar-refractivity contribution is 6.40. The molecule has 53 heavy (non-hydrogen) atoms. The quantitative estimate of drug-likeness (QED) is 0.107. The lowest BCUT2D eigenvalue weighted by Crippen LogP contribution is -2.08. The van der Waals surface area contributed by atoms with E-state index in [9.17, 15) is 0 Å². The van der Waals surface area contributed by atoms with Gasteiger partial charge in [0.05, 0.1) is 30.1 Å². The van der Waals surface area contributed by atoms with Crippen molar-refractivity contribution in [2.24, 2.45) is 0 Å². The maximum absolute atomic E-state index is 6.71. The van der Waals surface area contributed by atoms with Crippen molar-refractivity contribution in [2.45, 2.75) is 120 Å². The fourth-order valence-corrected chi connectivity index (χ4v) is 10.1. The minimum atomic E-state index is 0.440. The number of hydrogen-bond donors (Lipinski definition) is 4. The third kappa shape index (κ3) is 8.91. The van der Waals surface area contributed by atoms with Gasteiger partial charge < -0.3 is 22.9 Å². The maximum Gasteiger partial charge on any atom is 0.0508 e. The molecule has 4 aromatic carbocycles. The van der Waals surface area contributed by atoms with Crippen molar-refractivity contribution >= 4 is 104 Å². The molecule has 4 nitrogen and oxygen atoms in total. The van der Waals surface area contributed by atoms with E-state index in [-0.39, 0.29) is 0 Å². The molecule has 0 amide bonds. The Labute approximate surface area is 352 Å². The summed E-state index contributed by atoms with van der Waals surface area (Å²) in [5, 5.41) is 4.39. The topological polar surface area (TPSA) is 104 Å². The number of halogens is 7. The summed E-state index contributed by atoms with van der Waals surface area (Å²) in [6.45, 7) is 16.4. The van der Waals surface area contributed by atoms with Crippen LogP contribution in [0.5, 0.6) is 0 Å². The number of nitrogen functional groups attached to an aromatic ring is 4. The Balaban J connectivity index is 0.000000286. The fourth-order valence-electron chi connectivity index (χ4n) is 7.17. The highest BCUT2D eigenvalue weighted by atomic mass is 35.5. The van der Waals surface area contributed by atoms with Crippen LogP contribution in [0.4, 0.5) is 22.7 Å². The number of hydrogen-bond acceptors (Lipinski definition) is 4. The third-order valence-electron chi connectivity index (χ3n) is 10.3. The number of benzene rings is 4. The Kier molecular flexibility index (Phi) is 17.0. The van der Waals surface area contributed by atoms with Crippen LogP contribution in [0.25, 0.3) is 0 Å². The van der Waals surface area contributed by atoms with Crippen LogP contribution < -0.4 is 22.9 Å². The van der Waals surface area contributed by atoms with Gasteiger partial charge in [0.25, 0.3) is 0 Å². The second-order valence-corrected chi connectivity index (χ2v) is 15.7. The first-order chi connectivity index (χ1) is 25.1. The SMILES string of the molecule is CCc1c(N)c(CC)c(Cl)c(Cc2c(Cl)c(CC)c(N)c(CC)c2Cl)c1Cl.CCc1cc(Cc2c(Cl)c(CC)c(N)c(CC)c2Cl)c(Cl)c(CC)c1N. The van der Waals surface area contributed by atoms with E-state index in [4.69, 9.17) is 104 Å². The fraction of sp³-hybridized carbons (Fsp3) is 0.429. The van der Waals surface area contributed by atoms with Gasteiger partial charge in [-0.25, -0.2) is 0 Å². The van der Waals surface area contributed by atoms with Gasteiger partial charge in [0, 0.05) is 40.6 Å². The van der Waals surface area contributed by atoms with Gasteiger partial charge in [-0.15, -0.1) is 0 Å². The summed E-state index contributed by atoms with van der Waals surface area (Å²) in [4.78, 5) is 0. The van der Waals surface area contributed by atoms with E-state index in [1.165, 1.54) is 0 Å². The monoisotopic (exact) mass is 858 g/mol. The molecule has 290 valence electrons. The van der Waals surface area contributed by atoms with Gasteiger partial charge in [0.15, 0.2) is 0 Å². The van der Waals surface area contributed by atoms with Crippen LogP contribution in [0.2, 0.25) is 35.2 Å². The average Bonchev–Trinajstić information content (AvgIpc) is 3.12. The molecule has 0 aromatic heterocycles. The average molecular weight is 862 g/mol. The molecule has 8 N–H and O–H groups in total. The maximum atomic E-state index is 6.71. The van der Waals surface area contributed by atoms with Crippen LogP contribution in [0, 0.1) is 0 Å². The van der Waals surface area contributed by atoms with Crippen LogP contribution in [-0.4, -0.2) is 0 Å². The normalized spacial score (nSPS) is 11.2. The van der Waals surface area contributed by atoms with Crippen LogP contribution in [0.1, 0.15) is 122 Å². The molecule has 0 heterocycles. The van der Waals surface area contributed by atoms with Crippen molar-refractivity contribution in [1.29, 1.82) is 0 Å². The first kappa shape index (κ1) is 45.5. The third-order valence-corrected chi connectivity index (χ3v) is 13.5. The molecule has 0 fully saturated rings. The largest absolute Gasteiger partial charge is 0.398 e. The summed E-state index contributed by atoms with van der Waals surface area (Å²) in [6.07, 6.45) is 7.08. The van der Waals surface area contributed by atoms with Gasteiger partial charge in [0.2, 0.25) is 0 Å². The second-order valence-electron chi connectivity index (χ2n) is 13.0. The Morgan fingerprint density at radius 2 is 0.547 bits per heavy atom. The molecule has 11 heteroatoms. The van der Waals surface area contributed by atoms with E-state index < -0.39 is 0 Å². The summed E-state index contributed by atoms with van der Waals surface area (Å²) in [5.74, 6) is 0. The number of nitrogens with two attached hydrogens (primary N) is 4. The molecule has 0 aliphatic heterocycles. The zero-order chi connectivity index (χ0) is 40.1. The van der Waals surface area contributed by atoms with E-state index in [2.05, 4.69) is 33.8 Å². The second kappa shape index (κ2) is 19.8. The van der Waals surface area contributed by atoms with Gasteiger partial charge in [0.1, 0.15) is 0 Å². The van der Waals surface area contributed by atoms with Crippen LogP contribution >= 0.6 is 81.2 Å². The van der Waals surface area contributed by atoms with Crippen molar-refractivity contribution in [1.82, 2.24) is 0 Å². The number of anilines is 4. The number of aryl methyl sites for hydroxylation is 1. The van der Waals surface area contributed by atoms with Crippen molar-refractivity contribution < 1.29 is 0 Å². The summed E-state index contributed by atoms with van der Waals surface area (Å²) in [7, 11) is 0. The lowest BCUT2D eigenvalue weighted by Gasteiger charge is -2.22. The van der Waals surface area contributed by atoms with Crippen LogP contribution in [0.15, 0.2) is 6.07 Å². The molecule has 0 aliphatic carbocycles. The van der Waals surface area contributed by atoms with Crippen molar-refractivity contribution in [3.63, 3.8) is 0 Å². The molecule has 0 radical (unpaired) electrons. The lowest BCUT2D eigenvalue weighted by molar-refractivity contribution is 1.04. The first-order valence-electron chi connectivity index (χ1n) is 18.5.